The van der Waals surface area contributed by atoms with Crippen molar-refractivity contribution in [3.8, 4) is 0 Å². The maximum atomic E-state index is 13.9. The molecule has 1 aromatic heterocycles. The van der Waals surface area contributed by atoms with Crippen LogP contribution in [0.15, 0.2) is 79.0 Å². The number of likely N-dealkylation sites (tertiary alicyclic amines) is 1. The summed E-state index contributed by atoms with van der Waals surface area (Å²) in [6.07, 6.45) is 4.35. The highest BCUT2D eigenvalue weighted by atomic mass is 28.4. The lowest BCUT2D eigenvalue weighted by Crippen LogP contribution is -2.69. The zero-order valence-electron chi connectivity index (χ0n) is 22.7. The molecule has 198 valence electrons. The molecule has 6 heteroatoms. The van der Waals surface area contributed by atoms with Gasteiger partial charge in [0.2, 0.25) is 0 Å². The van der Waals surface area contributed by atoms with Crippen molar-refractivity contribution in [1.82, 2.24) is 9.88 Å². The van der Waals surface area contributed by atoms with Crippen LogP contribution in [-0.4, -0.2) is 42.8 Å². The third-order valence-electron chi connectivity index (χ3n) is 9.25. The first-order chi connectivity index (χ1) is 18.1. The number of rotatable bonds is 5. The molecule has 3 fully saturated rings. The molecule has 5 unspecified atom stereocenters. The topological polar surface area (TPSA) is 42.4 Å². The Morgan fingerprint density at radius 3 is 2.13 bits per heavy atom. The molecule has 0 N–H and O–H groups in total. The molecule has 38 heavy (non-hydrogen) atoms. The first-order valence-corrected chi connectivity index (χ1v) is 15.7. The van der Waals surface area contributed by atoms with Gasteiger partial charge in [0.25, 0.3) is 14.2 Å². The van der Waals surface area contributed by atoms with Gasteiger partial charge in [-0.1, -0.05) is 88.4 Å². The first kappa shape index (κ1) is 25.4. The van der Waals surface area contributed by atoms with Crippen molar-refractivity contribution >= 4 is 24.6 Å². The molecule has 2 saturated carbocycles. The van der Waals surface area contributed by atoms with Crippen molar-refractivity contribution in [3.63, 3.8) is 0 Å². The van der Waals surface area contributed by atoms with Crippen LogP contribution in [-0.2, 0) is 4.43 Å². The summed E-state index contributed by atoms with van der Waals surface area (Å²) < 4.78 is 21.3. The zero-order chi connectivity index (χ0) is 26.7. The predicted octanol–water partition coefficient (Wildman–Crippen LogP) is 5.43. The fourth-order valence-corrected chi connectivity index (χ4v) is 12.7. The van der Waals surface area contributed by atoms with E-state index in [9.17, 15) is 9.18 Å². The van der Waals surface area contributed by atoms with Crippen LogP contribution in [0.5, 0.6) is 0 Å². The van der Waals surface area contributed by atoms with E-state index < -0.39 is 14.1 Å². The van der Waals surface area contributed by atoms with Gasteiger partial charge in [-0.3, -0.25) is 4.79 Å². The molecule has 0 spiro atoms. The van der Waals surface area contributed by atoms with Gasteiger partial charge in [-0.15, -0.1) is 0 Å². The lowest BCUT2D eigenvalue weighted by atomic mass is 9.67. The van der Waals surface area contributed by atoms with E-state index in [0.717, 1.165) is 25.5 Å². The monoisotopic (exact) mass is 528 g/mol. The predicted molar refractivity (Wildman–Crippen MR) is 150 cm³/mol. The molecule has 1 aliphatic heterocycles. The average molecular weight is 529 g/mol. The number of halogens is 1. The van der Waals surface area contributed by atoms with Gasteiger partial charge in [-0.25, -0.2) is 9.37 Å². The van der Waals surface area contributed by atoms with Gasteiger partial charge in [0.15, 0.2) is 0 Å². The van der Waals surface area contributed by atoms with E-state index in [-0.39, 0.29) is 28.5 Å². The Hall–Kier alpha value is -2.83. The summed E-state index contributed by atoms with van der Waals surface area (Å²) in [5, 5.41) is 2.39. The number of hydrogen-bond donors (Lipinski definition) is 0. The maximum absolute atomic E-state index is 13.9. The summed E-state index contributed by atoms with van der Waals surface area (Å²) >= 11 is 0. The molecule has 3 bridgehead atoms. The maximum Gasteiger partial charge on any atom is 0.272 e. The van der Waals surface area contributed by atoms with Gasteiger partial charge < -0.3 is 9.33 Å². The van der Waals surface area contributed by atoms with Gasteiger partial charge in [-0.2, -0.15) is 0 Å². The number of pyridine rings is 1. The Labute approximate surface area is 226 Å². The quantitative estimate of drug-likeness (QED) is 0.415. The Bertz CT molecular complexity index is 1270. The van der Waals surface area contributed by atoms with Gasteiger partial charge in [0.05, 0.1) is 18.3 Å². The second kappa shape index (κ2) is 9.13. The highest BCUT2D eigenvalue weighted by molar-refractivity contribution is 6.99. The van der Waals surface area contributed by atoms with E-state index >= 15 is 0 Å². The summed E-state index contributed by atoms with van der Waals surface area (Å²) in [5.74, 6) is 0.273. The number of amides is 1. The van der Waals surface area contributed by atoms with E-state index in [4.69, 9.17) is 4.43 Å². The molecule has 2 aromatic carbocycles. The van der Waals surface area contributed by atoms with Crippen molar-refractivity contribution < 1.29 is 13.6 Å². The third kappa shape index (κ3) is 4.04. The van der Waals surface area contributed by atoms with Crippen LogP contribution < -0.4 is 10.4 Å². The fourth-order valence-electron chi connectivity index (χ4n) is 7.96. The summed E-state index contributed by atoms with van der Waals surface area (Å²) in [7, 11) is -2.79. The normalized spacial score (nSPS) is 28.5. The lowest BCUT2D eigenvalue weighted by Gasteiger charge is -2.49. The van der Waals surface area contributed by atoms with Gasteiger partial charge in [-0.05, 0) is 64.1 Å². The van der Waals surface area contributed by atoms with Crippen molar-refractivity contribution in [2.75, 3.05) is 6.54 Å². The second-order valence-corrected chi connectivity index (χ2v) is 17.3. The smallest absolute Gasteiger partial charge is 0.272 e. The molecular weight excluding hydrogens is 491 g/mol. The number of hydrogen-bond acceptors (Lipinski definition) is 3. The number of piperidine rings is 1. The largest absolute Gasteiger partial charge is 0.402 e. The van der Waals surface area contributed by atoms with E-state index in [2.05, 4.69) is 93.3 Å². The van der Waals surface area contributed by atoms with Gasteiger partial charge in [0, 0.05) is 6.54 Å². The molecule has 5 atom stereocenters. The van der Waals surface area contributed by atoms with E-state index in [1.54, 1.807) is 0 Å². The molecule has 0 radical (unpaired) electrons. The highest BCUT2D eigenvalue weighted by Gasteiger charge is 2.62. The molecule has 4 nitrogen and oxygen atoms in total. The van der Waals surface area contributed by atoms with Crippen molar-refractivity contribution in [1.29, 1.82) is 0 Å². The number of nitrogens with zero attached hydrogens (tertiary/aromatic N) is 2. The SMILES string of the molecule is CC12CC3CC(C1)C(C3O[Si](c1ccccc1)(c1ccccc1)C(C)(C)C)N(C(=O)c1ccc(F)cn1)C2. The number of benzene rings is 2. The Morgan fingerprint density at radius 1 is 0.974 bits per heavy atom. The minimum Gasteiger partial charge on any atom is -0.402 e. The minimum atomic E-state index is -2.79. The molecular formula is C32H37FN2O2Si. The van der Waals surface area contributed by atoms with Gasteiger partial charge >= 0.3 is 0 Å². The van der Waals surface area contributed by atoms with Crippen molar-refractivity contribution in [2.24, 2.45) is 17.3 Å². The van der Waals surface area contributed by atoms with E-state index in [1.165, 1.54) is 22.5 Å². The molecule has 1 saturated heterocycles. The van der Waals surface area contributed by atoms with E-state index in [1.807, 2.05) is 4.90 Å². The molecule has 2 heterocycles. The zero-order valence-corrected chi connectivity index (χ0v) is 23.7. The van der Waals surface area contributed by atoms with Gasteiger partial charge in [0.1, 0.15) is 11.5 Å². The standard InChI is InChI=1S/C32H37FN2O2Si/c1-31(2,3)38(25-11-7-5-8-12-25,26-13-9-6-10-14-26)37-29-23-17-22-18-32(4,19-23)21-35(28(22)29)30(36)27-16-15-24(33)20-34-27/h5-16,20,22-23,28-29H,17-19,21H2,1-4H3. The Balaban J connectivity index is 1.47. The summed E-state index contributed by atoms with van der Waals surface area (Å²) in [5.41, 5.74) is 0.368. The highest BCUT2D eigenvalue weighted by Crippen LogP contribution is 2.58. The molecule has 2 aliphatic carbocycles. The molecule has 1 amide bonds. The molecule has 3 aliphatic rings. The van der Waals surface area contributed by atoms with Crippen LogP contribution in [0.3, 0.4) is 0 Å². The minimum absolute atomic E-state index is 0.00317. The van der Waals surface area contributed by atoms with Crippen LogP contribution in [0, 0.1) is 23.1 Å². The summed E-state index contributed by atoms with van der Waals surface area (Å²) in [6.45, 7) is 9.95. The van der Waals surface area contributed by atoms with Crippen LogP contribution in [0.25, 0.3) is 0 Å². The number of carbonyl (C=O) groups is 1. The van der Waals surface area contributed by atoms with Crippen LogP contribution in [0.2, 0.25) is 5.04 Å². The Kier molecular flexibility index (Phi) is 6.11. The number of carbonyl (C=O) groups excluding carboxylic acids is 1. The number of aromatic nitrogens is 1. The van der Waals surface area contributed by atoms with E-state index in [0.29, 0.717) is 24.1 Å². The van der Waals surface area contributed by atoms with Crippen LogP contribution >= 0.6 is 0 Å². The van der Waals surface area contributed by atoms with Crippen LogP contribution in [0.1, 0.15) is 57.4 Å². The Morgan fingerprint density at radius 2 is 1.58 bits per heavy atom. The average Bonchev–Trinajstić information content (AvgIpc) is 3.10. The van der Waals surface area contributed by atoms with Crippen molar-refractivity contribution in [3.05, 3.63) is 90.5 Å². The third-order valence-corrected chi connectivity index (χ3v) is 14.3. The lowest BCUT2D eigenvalue weighted by molar-refractivity contribution is 0.00130. The first-order valence-electron chi connectivity index (χ1n) is 13.8. The molecule has 3 aromatic rings. The fraction of sp³-hybridized carbons (Fsp3) is 0.438. The summed E-state index contributed by atoms with van der Waals surface area (Å²) in [6, 6.07) is 24.4. The molecule has 6 rings (SSSR count). The number of fused-ring (bicyclic) bond motifs is 2. The van der Waals surface area contributed by atoms with Crippen LogP contribution in [0.4, 0.5) is 4.39 Å². The van der Waals surface area contributed by atoms with Crippen molar-refractivity contribution in [2.45, 2.75) is 64.1 Å². The second-order valence-electron chi connectivity index (χ2n) is 13.0. The summed E-state index contributed by atoms with van der Waals surface area (Å²) in [4.78, 5) is 20.1.